The quantitative estimate of drug-likeness (QED) is 0.0136. The summed E-state index contributed by atoms with van der Waals surface area (Å²) in [5.41, 5.74) is -1.52. The maximum absolute atomic E-state index is 14.9. The van der Waals surface area contributed by atoms with E-state index in [4.69, 9.17) is 94.3 Å². The average Bonchev–Trinajstić information content (AvgIpc) is 0.789. The van der Waals surface area contributed by atoms with Gasteiger partial charge in [-0.15, -0.1) is 0 Å². The molecule has 838 valence electrons. The van der Waals surface area contributed by atoms with E-state index in [9.17, 15) is 91.1 Å². The highest BCUT2D eigenvalue weighted by Crippen LogP contribution is 2.43. The Morgan fingerprint density at radius 2 is 0.694 bits per heavy atom. The SMILES string of the molecule is CCCOP(NC(C(C)C)C(C)C)OC1CCC(C(=O)NC(COCCC(=O)NCCCNC(=O)CCCCOC2OC(COC(C)=O)C(OC(C)=O)C(OC=O)C2NC(C)=O)(COCCC(=O)NCCCNC(=O)CCCCOC2OC(COC(C)=O)C(OC(C)=O)C(OC(C)=O)C2NC(C)=O)COCCC(=O)NCCCNC(=O)CCCCOC2OC(COC(=O)CC)C(OC(C)=O)C(OC(C)=O)C2NC(C)=O)CC1. The van der Waals surface area contributed by atoms with Crippen molar-refractivity contribution in [2.24, 2.45) is 17.8 Å². The Kier molecular flexibility index (Phi) is 63.5. The Morgan fingerprint density at radius 1 is 0.374 bits per heavy atom. The van der Waals surface area contributed by atoms with E-state index in [1.807, 2.05) is 6.92 Å². The van der Waals surface area contributed by atoms with Crippen LogP contribution < -0.4 is 58.3 Å². The average molecular weight is 2120 g/mol. The van der Waals surface area contributed by atoms with Crippen LogP contribution in [0.5, 0.6) is 0 Å². The Bertz CT molecular complexity index is 4070. The number of rotatable bonds is 73. The van der Waals surface area contributed by atoms with Crippen LogP contribution >= 0.6 is 8.53 Å². The maximum Gasteiger partial charge on any atom is 0.305 e. The van der Waals surface area contributed by atoms with Crippen LogP contribution in [0, 0.1) is 17.8 Å². The molecule has 0 aromatic heterocycles. The van der Waals surface area contributed by atoms with Crippen molar-refractivity contribution in [1.82, 2.24) is 58.3 Å². The third-order valence-electron chi connectivity index (χ3n) is 22.9. The van der Waals surface area contributed by atoms with Gasteiger partial charge in [0.15, 0.2) is 55.5 Å². The maximum atomic E-state index is 14.9. The van der Waals surface area contributed by atoms with Gasteiger partial charge in [-0.2, -0.15) is 0 Å². The van der Waals surface area contributed by atoms with Gasteiger partial charge in [-0.25, -0.2) is 5.09 Å². The van der Waals surface area contributed by atoms with Crippen molar-refractivity contribution in [3.8, 4) is 0 Å². The standard InChI is InChI=1S/C96H160N11O39P/c1-17-44-137-147(107-82(58(3)4)59(5)6)146-71-33-31-70(32-34-71)92(126)106-96(54-127-48-35-78(122)100-41-25-38-97-75(119)28-19-22-45-130-93-83(103-60(7)109)89(136-57-108)86(138-65(12)114)72(143-93)51-133-63(10)112,55-128-49-36-79(123)101-42-26-39-98-76(120)29-20-23-46-131-94-84(104-61(8)110)90(141-68(15)117)87(139-66(13)115)73(144-94)52-134-64(11)113)56-129-50-37-80(124)102-43-27-40-99-77(121)30-21-24-47-132-95-85(105-62(9)111)91(142-69(16)118)88(140-67(14)116)74(145-95)53-135-81(125)18-2/h57-59,70-74,82-91,93-95,107H,17-56H2,1-16H3,(H,97,119)(H,98,120)(H,99,121)(H,100,122)(H,101,123)(H,102,124)(H,103,109)(H,104,110)(H,105,111)(H,106,126). The van der Waals surface area contributed by atoms with Gasteiger partial charge in [-0.1, -0.05) is 41.5 Å². The van der Waals surface area contributed by atoms with E-state index < -0.39 is 215 Å². The minimum Gasteiger partial charge on any atom is -0.463 e. The molecule has 10 amide bonds. The zero-order chi connectivity index (χ0) is 109. The Morgan fingerprint density at radius 3 is 1.00 bits per heavy atom. The van der Waals surface area contributed by atoms with Gasteiger partial charge in [-0.3, -0.25) is 91.1 Å². The normalized spacial score (nSPS) is 22.8. The molecule has 0 aromatic carbocycles. The van der Waals surface area contributed by atoms with Crippen LogP contribution in [0.4, 0.5) is 0 Å². The van der Waals surface area contributed by atoms with Gasteiger partial charge in [0, 0.05) is 185 Å². The Hall–Kier alpha value is -10.1. The summed E-state index contributed by atoms with van der Waals surface area (Å²) in [6.45, 7) is 22.5. The summed E-state index contributed by atoms with van der Waals surface area (Å²) >= 11 is 0. The third kappa shape index (κ3) is 53.7. The summed E-state index contributed by atoms with van der Waals surface area (Å²) in [6, 6.07) is -3.41. The lowest BCUT2D eigenvalue weighted by atomic mass is 9.86. The first kappa shape index (κ1) is 129. The molecule has 17 atom stereocenters. The lowest BCUT2D eigenvalue weighted by Crippen LogP contribution is -2.66. The summed E-state index contributed by atoms with van der Waals surface area (Å²) in [6.07, 6.45) is -10.2. The van der Waals surface area contributed by atoms with Gasteiger partial charge < -0.3 is 147 Å². The smallest absolute Gasteiger partial charge is 0.305 e. The van der Waals surface area contributed by atoms with Crippen molar-refractivity contribution in [2.45, 2.75) is 355 Å². The molecule has 51 heteroatoms. The van der Waals surface area contributed by atoms with E-state index in [0.717, 1.165) is 54.9 Å². The molecule has 0 radical (unpaired) electrons. The Labute approximate surface area is 860 Å². The fourth-order valence-corrected chi connectivity index (χ4v) is 18.0. The summed E-state index contributed by atoms with van der Waals surface area (Å²) in [5, 5.41) is 31.6. The second-order valence-corrected chi connectivity index (χ2v) is 37.9. The van der Waals surface area contributed by atoms with E-state index in [-0.39, 0.29) is 198 Å². The second-order valence-electron chi connectivity index (χ2n) is 36.7. The van der Waals surface area contributed by atoms with Gasteiger partial charge in [0.05, 0.1) is 52.4 Å². The lowest BCUT2D eigenvalue weighted by molar-refractivity contribution is -0.278. The predicted molar refractivity (Wildman–Crippen MR) is 517 cm³/mol. The number of ether oxygens (including phenoxy) is 18. The fourth-order valence-electron chi connectivity index (χ4n) is 16.1. The molecule has 3 saturated heterocycles. The van der Waals surface area contributed by atoms with Crippen molar-refractivity contribution < 1.29 is 185 Å². The molecule has 1 saturated carbocycles. The van der Waals surface area contributed by atoms with Gasteiger partial charge in [-0.05, 0) is 102 Å². The van der Waals surface area contributed by atoms with Crippen LogP contribution in [-0.2, 0) is 185 Å². The minimum atomic E-state index is -1.52. The number of amides is 10. The van der Waals surface area contributed by atoms with Crippen LogP contribution in [0.1, 0.15) is 246 Å². The van der Waals surface area contributed by atoms with Gasteiger partial charge in [0.1, 0.15) is 61.8 Å². The predicted octanol–water partition coefficient (Wildman–Crippen LogP) is 1.96. The Balaban J connectivity index is 1.44. The summed E-state index contributed by atoms with van der Waals surface area (Å²) in [4.78, 5) is 240. The highest BCUT2D eigenvalue weighted by atomic mass is 31.2. The molecule has 0 aromatic rings. The van der Waals surface area contributed by atoms with Crippen LogP contribution in [0.15, 0.2) is 0 Å². The van der Waals surface area contributed by atoms with E-state index in [0.29, 0.717) is 90.1 Å². The first-order valence-corrected chi connectivity index (χ1v) is 51.7. The number of carbonyl (C=O) groups excluding carboxylic acids is 19. The molecule has 147 heavy (non-hydrogen) atoms. The molecule has 50 nitrogen and oxygen atoms in total. The van der Waals surface area contributed by atoms with Crippen LogP contribution in [0.25, 0.3) is 0 Å². The molecule has 0 bridgehead atoms. The molecule has 1 aliphatic carbocycles. The molecule has 0 spiro atoms. The molecule has 3 aliphatic heterocycles. The highest BCUT2D eigenvalue weighted by molar-refractivity contribution is 7.45. The first-order chi connectivity index (χ1) is 70.0. The van der Waals surface area contributed by atoms with E-state index in [1.165, 1.54) is 20.8 Å². The van der Waals surface area contributed by atoms with Crippen molar-refractivity contribution >= 4 is 122 Å². The minimum absolute atomic E-state index is 0.0141. The number of carbonyl (C=O) groups is 19. The highest BCUT2D eigenvalue weighted by Gasteiger charge is 2.55. The van der Waals surface area contributed by atoms with Gasteiger partial charge in [0.25, 0.3) is 15.0 Å². The van der Waals surface area contributed by atoms with Crippen molar-refractivity contribution in [3.63, 3.8) is 0 Å². The van der Waals surface area contributed by atoms with Gasteiger partial charge in [0.2, 0.25) is 59.1 Å². The first-order valence-electron chi connectivity index (χ1n) is 50.5. The van der Waals surface area contributed by atoms with Gasteiger partial charge >= 0.3 is 47.8 Å². The van der Waals surface area contributed by atoms with E-state index in [2.05, 4.69) is 86.0 Å². The molecular weight excluding hydrogens is 1960 g/mol. The zero-order valence-electron chi connectivity index (χ0n) is 87.8. The number of unbranched alkanes of at least 4 members (excludes halogenated alkanes) is 3. The third-order valence-corrected chi connectivity index (χ3v) is 24.4. The number of nitrogens with one attached hydrogen (secondary N) is 11. The monoisotopic (exact) mass is 2120 g/mol. The molecule has 11 N–H and O–H groups in total. The molecular formula is C96H160N11O39P. The number of esters is 8. The number of hydrogen-bond donors (Lipinski definition) is 11. The fraction of sp³-hybridized carbons (Fsp3) is 0.802. The lowest BCUT2D eigenvalue weighted by Gasteiger charge is -2.45. The number of hydrogen-bond acceptors (Lipinski definition) is 40. The summed E-state index contributed by atoms with van der Waals surface area (Å²) < 4.78 is 116. The van der Waals surface area contributed by atoms with Crippen molar-refractivity contribution in [1.29, 1.82) is 0 Å². The van der Waals surface area contributed by atoms with Crippen LogP contribution in [-0.4, -0.2) is 348 Å². The second kappa shape index (κ2) is 72.3. The van der Waals surface area contributed by atoms with Crippen molar-refractivity contribution in [2.75, 3.05) is 125 Å². The molecule has 17 unspecified atom stereocenters. The molecule has 4 rings (SSSR count). The largest absolute Gasteiger partial charge is 0.463 e. The topological polar surface area (TPSA) is 641 Å². The van der Waals surface area contributed by atoms with Crippen molar-refractivity contribution in [3.05, 3.63) is 0 Å². The summed E-state index contributed by atoms with van der Waals surface area (Å²) in [5.74, 6) is -9.93. The molecule has 4 fully saturated rings. The molecule has 3 heterocycles. The van der Waals surface area contributed by atoms with Crippen LogP contribution in [0.2, 0.25) is 0 Å². The van der Waals surface area contributed by atoms with E-state index in [1.54, 1.807) is 6.92 Å². The van der Waals surface area contributed by atoms with Crippen LogP contribution in [0.3, 0.4) is 0 Å². The molecule has 4 aliphatic rings. The van der Waals surface area contributed by atoms with E-state index >= 15 is 0 Å². The summed E-state index contributed by atoms with van der Waals surface area (Å²) in [7, 11) is -1.50. The zero-order valence-corrected chi connectivity index (χ0v) is 88.7.